The first kappa shape index (κ1) is 21.3. The Morgan fingerprint density at radius 1 is 1.00 bits per heavy atom. The highest BCUT2D eigenvalue weighted by Gasteiger charge is 2.30. The lowest BCUT2D eigenvalue weighted by molar-refractivity contribution is -0.137. The van der Waals surface area contributed by atoms with E-state index in [1.165, 1.54) is 12.1 Å². The average Bonchev–Trinajstić information content (AvgIpc) is 3.16. The van der Waals surface area contributed by atoms with E-state index >= 15 is 0 Å². The number of aromatic nitrogens is 1. The molecule has 0 radical (unpaired) electrons. The largest absolute Gasteiger partial charge is 0.416 e. The monoisotopic (exact) mass is 434 g/mol. The fourth-order valence-electron chi connectivity index (χ4n) is 2.49. The molecule has 0 fully saturated rings. The maximum absolute atomic E-state index is 12.8. The number of thiazole rings is 1. The van der Waals surface area contributed by atoms with Crippen LogP contribution in [-0.4, -0.2) is 23.5 Å². The van der Waals surface area contributed by atoms with E-state index < -0.39 is 17.8 Å². The van der Waals surface area contributed by atoms with E-state index in [1.54, 1.807) is 29.6 Å². The lowest BCUT2D eigenvalue weighted by atomic mass is 10.1. The summed E-state index contributed by atoms with van der Waals surface area (Å²) in [6.07, 6.45) is -4.43. The van der Waals surface area contributed by atoms with Gasteiger partial charge in [0.15, 0.2) is 5.13 Å². The summed E-state index contributed by atoms with van der Waals surface area (Å²) < 4.78 is 38.5. The highest BCUT2D eigenvalue weighted by Crippen LogP contribution is 2.33. The topological polar surface area (TPSA) is 83.1 Å². The molecule has 30 heavy (non-hydrogen) atoms. The van der Waals surface area contributed by atoms with Crippen LogP contribution in [0.2, 0.25) is 0 Å². The third kappa shape index (κ3) is 6.05. The quantitative estimate of drug-likeness (QED) is 0.512. The normalized spacial score (nSPS) is 11.0. The SMILES string of the molecule is O=C(CCNC(=O)Nc1ccccc1)Nc1nc(-c2cccc(C(F)(F)F)c2)cs1. The van der Waals surface area contributed by atoms with Crippen LogP contribution in [-0.2, 0) is 11.0 Å². The fourth-order valence-corrected chi connectivity index (χ4v) is 3.22. The van der Waals surface area contributed by atoms with E-state index in [-0.39, 0.29) is 24.0 Å². The number of alkyl halides is 3. The summed E-state index contributed by atoms with van der Waals surface area (Å²) in [6.45, 7) is 0.108. The van der Waals surface area contributed by atoms with Crippen LogP contribution in [0.25, 0.3) is 11.3 Å². The van der Waals surface area contributed by atoms with Crippen molar-refractivity contribution in [2.45, 2.75) is 12.6 Å². The van der Waals surface area contributed by atoms with Crippen molar-refractivity contribution in [3.63, 3.8) is 0 Å². The lowest BCUT2D eigenvalue weighted by Gasteiger charge is -2.07. The van der Waals surface area contributed by atoms with Crippen molar-refractivity contribution >= 4 is 34.1 Å². The number of benzene rings is 2. The van der Waals surface area contributed by atoms with Crippen molar-refractivity contribution in [2.75, 3.05) is 17.2 Å². The van der Waals surface area contributed by atoms with Gasteiger partial charge in [-0.25, -0.2) is 9.78 Å². The van der Waals surface area contributed by atoms with Gasteiger partial charge in [-0.15, -0.1) is 11.3 Å². The van der Waals surface area contributed by atoms with E-state index in [0.29, 0.717) is 16.9 Å². The van der Waals surface area contributed by atoms with Crippen molar-refractivity contribution in [1.82, 2.24) is 10.3 Å². The number of urea groups is 1. The number of amides is 3. The van der Waals surface area contributed by atoms with Crippen LogP contribution >= 0.6 is 11.3 Å². The Bertz CT molecular complexity index is 1020. The second-order valence-corrected chi connectivity index (χ2v) is 7.02. The number of halogens is 3. The molecule has 3 N–H and O–H groups in total. The number of hydrogen-bond acceptors (Lipinski definition) is 4. The molecule has 0 aliphatic heterocycles. The minimum absolute atomic E-state index is 0.0146. The molecule has 0 saturated heterocycles. The van der Waals surface area contributed by atoms with Gasteiger partial charge in [0.25, 0.3) is 0 Å². The molecule has 2 aromatic carbocycles. The van der Waals surface area contributed by atoms with E-state index in [9.17, 15) is 22.8 Å². The number of rotatable bonds is 6. The van der Waals surface area contributed by atoms with E-state index in [0.717, 1.165) is 23.5 Å². The third-order valence-corrected chi connectivity index (χ3v) is 4.66. The third-order valence-electron chi connectivity index (χ3n) is 3.91. The number of carbonyl (C=O) groups is 2. The van der Waals surface area contributed by atoms with Crippen molar-refractivity contribution in [2.24, 2.45) is 0 Å². The van der Waals surface area contributed by atoms with Crippen LogP contribution in [0, 0.1) is 0 Å². The van der Waals surface area contributed by atoms with Crippen LogP contribution in [0.3, 0.4) is 0 Å². The molecule has 6 nitrogen and oxygen atoms in total. The van der Waals surface area contributed by atoms with Gasteiger partial charge in [-0.2, -0.15) is 13.2 Å². The first-order valence-electron chi connectivity index (χ1n) is 8.84. The van der Waals surface area contributed by atoms with Gasteiger partial charge >= 0.3 is 12.2 Å². The number of nitrogens with zero attached hydrogens (tertiary/aromatic N) is 1. The van der Waals surface area contributed by atoms with Gasteiger partial charge in [0.1, 0.15) is 0 Å². The van der Waals surface area contributed by atoms with Crippen molar-refractivity contribution in [3.8, 4) is 11.3 Å². The molecule has 1 heterocycles. The van der Waals surface area contributed by atoms with Crippen LogP contribution in [0.15, 0.2) is 60.0 Å². The summed E-state index contributed by atoms with van der Waals surface area (Å²) in [6, 6.07) is 13.2. The zero-order valence-electron chi connectivity index (χ0n) is 15.5. The first-order valence-corrected chi connectivity index (χ1v) is 9.72. The van der Waals surface area contributed by atoms with Crippen LogP contribution in [0.4, 0.5) is 28.8 Å². The summed E-state index contributed by atoms with van der Waals surface area (Å²) in [4.78, 5) is 27.9. The number of para-hydroxylation sites is 1. The highest BCUT2D eigenvalue weighted by atomic mass is 32.1. The summed E-state index contributed by atoms with van der Waals surface area (Å²) in [7, 11) is 0. The first-order chi connectivity index (χ1) is 14.3. The van der Waals surface area contributed by atoms with Gasteiger partial charge < -0.3 is 16.0 Å². The van der Waals surface area contributed by atoms with Crippen LogP contribution < -0.4 is 16.0 Å². The van der Waals surface area contributed by atoms with Crippen molar-refractivity contribution < 1.29 is 22.8 Å². The predicted molar refractivity (Wildman–Crippen MR) is 109 cm³/mol. The van der Waals surface area contributed by atoms with Gasteiger partial charge in [0.05, 0.1) is 11.3 Å². The molecule has 0 unspecified atom stereocenters. The smallest absolute Gasteiger partial charge is 0.337 e. The van der Waals surface area contributed by atoms with Crippen molar-refractivity contribution in [1.29, 1.82) is 0 Å². The molecule has 3 rings (SSSR count). The standard InChI is InChI=1S/C20H17F3N4O2S/c21-20(22,23)14-6-4-5-13(11-14)16-12-30-19(26-16)27-17(28)9-10-24-18(29)25-15-7-2-1-3-8-15/h1-8,11-12H,9-10H2,(H2,24,25,29)(H,26,27,28). The molecule has 3 amide bonds. The maximum atomic E-state index is 12.8. The molecular formula is C20H17F3N4O2S. The van der Waals surface area contributed by atoms with Crippen LogP contribution in [0.1, 0.15) is 12.0 Å². The van der Waals surface area contributed by atoms with E-state index in [4.69, 9.17) is 0 Å². The molecule has 10 heteroatoms. The predicted octanol–water partition coefficient (Wildman–Crippen LogP) is 4.98. The molecule has 0 saturated carbocycles. The summed E-state index contributed by atoms with van der Waals surface area (Å²) >= 11 is 1.10. The number of carbonyl (C=O) groups excluding carboxylic acids is 2. The number of nitrogens with one attached hydrogen (secondary N) is 3. The molecule has 0 aliphatic rings. The molecule has 0 atom stereocenters. The van der Waals surface area contributed by atoms with Gasteiger partial charge in [0.2, 0.25) is 5.91 Å². The van der Waals surface area contributed by atoms with E-state index in [2.05, 4.69) is 20.9 Å². The molecule has 1 aromatic heterocycles. The molecule has 3 aromatic rings. The molecule has 156 valence electrons. The average molecular weight is 434 g/mol. The molecule has 0 aliphatic carbocycles. The minimum Gasteiger partial charge on any atom is -0.337 e. The Balaban J connectivity index is 1.49. The Kier molecular flexibility index (Phi) is 6.68. The zero-order chi connectivity index (χ0) is 21.6. The van der Waals surface area contributed by atoms with Crippen LogP contribution in [0.5, 0.6) is 0 Å². The second-order valence-electron chi connectivity index (χ2n) is 6.16. The van der Waals surface area contributed by atoms with Gasteiger partial charge in [0, 0.05) is 29.6 Å². The zero-order valence-corrected chi connectivity index (χ0v) is 16.3. The molecule has 0 bridgehead atoms. The number of hydrogen-bond donors (Lipinski definition) is 3. The summed E-state index contributed by atoms with van der Waals surface area (Å²) in [5.74, 6) is -0.375. The maximum Gasteiger partial charge on any atom is 0.416 e. The van der Waals surface area contributed by atoms with Gasteiger partial charge in [-0.3, -0.25) is 4.79 Å². The van der Waals surface area contributed by atoms with Gasteiger partial charge in [-0.1, -0.05) is 30.3 Å². The van der Waals surface area contributed by atoms with E-state index in [1.807, 2.05) is 6.07 Å². The molecular weight excluding hydrogens is 417 g/mol. The number of anilines is 2. The second kappa shape index (κ2) is 9.40. The lowest BCUT2D eigenvalue weighted by Crippen LogP contribution is -2.31. The summed E-state index contributed by atoms with van der Waals surface area (Å²) in [5, 5.41) is 9.60. The Morgan fingerprint density at radius 2 is 1.77 bits per heavy atom. The van der Waals surface area contributed by atoms with Crippen molar-refractivity contribution in [3.05, 3.63) is 65.5 Å². The fraction of sp³-hybridized carbons (Fsp3) is 0.150. The molecule has 0 spiro atoms. The van der Waals surface area contributed by atoms with Gasteiger partial charge in [-0.05, 0) is 24.3 Å². The highest BCUT2D eigenvalue weighted by molar-refractivity contribution is 7.14. The summed E-state index contributed by atoms with van der Waals surface area (Å²) in [5.41, 5.74) is 0.505. The Morgan fingerprint density at radius 3 is 2.50 bits per heavy atom. The minimum atomic E-state index is -4.44. The Labute approximate surface area is 174 Å². The Hall–Kier alpha value is -3.40.